The maximum atomic E-state index is 2.51. The van der Waals surface area contributed by atoms with Crippen LogP contribution in [0.1, 0.15) is 0 Å². The number of hydrogen-bond donors (Lipinski definition) is 0. The average Bonchev–Trinajstić information content (AvgIpc) is 2.43. The van der Waals surface area contributed by atoms with Gasteiger partial charge in [0.2, 0.25) is 0 Å². The molecule has 0 unspecified atom stereocenters. The first-order valence-corrected chi connectivity index (χ1v) is 7.73. The second-order valence-electron chi connectivity index (χ2n) is 3.55. The highest BCUT2D eigenvalue weighted by atomic mass is 32.2. The van der Waals surface area contributed by atoms with E-state index in [0.717, 1.165) is 0 Å². The molecule has 1 nitrogen and oxygen atoms in total. The molecule has 1 aliphatic heterocycles. The lowest BCUT2D eigenvalue weighted by atomic mass is 10.3. The Morgan fingerprint density at radius 2 is 1.40 bits per heavy atom. The van der Waals surface area contributed by atoms with Crippen LogP contribution in [0.2, 0.25) is 0 Å². The van der Waals surface area contributed by atoms with E-state index < -0.39 is 0 Å². The van der Waals surface area contributed by atoms with Gasteiger partial charge in [0.1, 0.15) is 0 Å². The average molecular weight is 239 g/mol. The smallest absolute Gasteiger partial charge is 0.0366 e. The lowest BCUT2D eigenvalue weighted by Crippen LogP contribution is -2.27. The molecule has 0 aromatic heterocycles. The number of rotatable bonds is 1. The molecule has 82 valence electrons. The maximum absolute atomic E-state index is 2.51. The Morgan fingerprint density at radius 3 is 2.00 bits per heavy atom. The molecule has 1 aromatic carbocycles. The summed E-state index contributed by atoms with van der Waals surface area (Å²) in [5, 5.41) is 0. The SMILES string of the molecule is c1ccc(N2CCSCCSCC2)cc1. The van der Waals surface area contributed by atoms with E-state index in [2.05, 4.69) is 58.8 Å². The van der Waals surface area contributed by atoms with Crippen LogP contribution in [0.25, 0.3) is 0 Å². The van der Waals surface area contributed by atoms with Crippen molar-refractivity contribution in [3.63, 3.8) is 0 Å². The Hall–Kier alpha value is -0.280. The van der Waals surface area contributed by atoms with Gasteiger partial charge < -0.3 is 4.90 Å². The molecule has 0 radical (unpaired) electrons. The number of nitrogens with zero attached hydrogens (tertiary/aromatic N) is 1. The maximum Gasteiger partial charge on any atom is 0.0366 e. The summed E-state index contributed by atoms with van der Waals surface area (Å²) in [7, 11) is 0. The molecule has 2 rings (SSSR count). The van der Waals surface area contributed by atoms with E-state index in [0.29, 0.717) is 0 Å². The standard InChI is InChI=1S/C12H17NS2/c1-2-4-12(5-3-1)13-6-8-14-10-11-15-9-7-13/h1-5H,6-11H2. The number of hydrogen-bond acceptors (Lipinski definition) is 3. The Bertz CT molecular complexity index is 266. The van der Waals surface area contributed by atoms with Gasteiger partial charge >= 0.3 is 0 Å². The van der Waals surface area contributed by atoms with Crippen LogP contribution in [0.15, 0.2) is 30.3 Å². The Morgan fingerprint density at radius 1 is 0.800 bits per heavy atom. The summed E-state index contributed by atoms with van der Waals surface area (Å²) in [6, 6.07) is 10.8. The molecule has 1 saturated heterocycles. The molecule has 1 aliphatic rings. The van der Waals surface area contributed by atoms with Gasteiger partial charge in [-0.3, -0.25) is 0 Å². The van der Waals surface area contributed by atoms with Gasteiger partial charge in [-0.1, -0.05) is 18.2 Å². The van der Waals surface area contributed by atoms with Crippen LogP contribution in [0.5, 0.6) is 0 Å². The van der Waals surface area contributed by atoms with E-state index >= 15 is 0 Å². The van der Waals surface area contributed by atoms with Gasteiger partial charge in [0.15, 0.2) is 0 Å². The van der Waals surface area contributed by atoms with Crippen LogP contribution >= 0.6 is 23.5 Å². The van der Waals surface area contributed by atoms with Crippen molar-refractivity contribution in [2.45, 2.75) is 0 Å². The van der Waals surface area contributed by atoms with E-state index in [4.69, 9.17) is 0 Å². The van der Waals surface area contributed by atoms with Gasteiger partial charge in [-0.2, -0.15) is 23.5 Å². The van der Waals surface area contributed by atoms with Crippen LogP contribution < -0.4 is 4.90 Å². The Balaban J connectivity index is 1.99. The minimum absolute atomic E-state index is 1.19. The third-order valence-electron chi connectivity index (χ3n) is 2.50. The predicted molar refractivity (Wildman–Crippen MR) is 73.3 cm³/mol. The van der Waals surface area contributed by atoms with E-state index in [9.17, 15) is 0 Å². The molecule has 1 heterocycles. The van der Waals surface area contributed by atoms with Crippen molar-refractivity contribution in [3.8, 4) is 0 Å². The van der Waals surface area contributed by atoms with Gasteiger partial charge in [0, 0.05) is 41.8 Å². The quantitative estimate of drug-likeness (QED) is 0.742. The van der Waals surface area contributed by atoms with Crippen LogP contribution in [0.3, 0.4) is 0 Å². The Kier molecular flexibility index (Phi) is 4.74. The third kappa shape index (κ3) is 3.65. The second kappa shape index (κ2) is 6.33. The zero-order chi connectivity index (χ0) is 10.3. The molecule has 1 aromatic rings. The number of para-hydroxylation sites is 1. The van der Waals surface area contributed by atoms with Crippen LogP contribution in [-0.2, 0) is 0 Å². The topological polar surface area (TPSA) is 3.24 Å². The first-order chi connectivity index (χ1) is 7.47. The lowest BCUT2D eigenvalue weighted by molar-refractivity contribution is 0.880. The van der Waals surface area contributed by atoms with Crippen LogP contribution in [-0.4, -0.2) is 36.1 Å². The highest BCUT2D eigenvalue weighted by molar-refractivity contribution is 8.02. The van der Waals surface area contributed by atoms with Gasteiger partial charge in [-0.15, -0.1) is 0 Å². The molecule has 0 spiro atoms. The van der Waals surface area contributed by atoms with Gasteiger partial charge in [0.05, 0.1) is 0 Å². The van der Waals surface area contributed by atoms with Crippen molar-refractivity contribution in [1.29, 1.82) is 0 Å². The van der Waals surface area contributed by atoms with E-state index in [-0.39, 0.29) is 0 Å². The second-order valence-corrected chi connectivity index (χ2v) is 6.00. The molecule has 1 fully saturated rings. The molecular formula is C12H17NS2. The Labute approximate surface area is 101 Å². The van der Waals surface area contributed by atoms with Gasteiger partial charge in [-0.25, -0.2) is 0 Å². The molecule has 0 bridgehead atoms. The normalized spacial score (nSPS) is 19.1. The molecule has 15 heavy (non-hydrogen) atoms. The summed E-state index contributed by atoms with van der Waals surface area (Å²) in [6.07, 6.45) is 0. The first-order valence-electron chi connectivity index (χ1n) is 5.42. The number of anilines is 1. The van der Waals surface area contributed by atoms with E-state index in [1.54, 1.807) is 0 Å². The van der Waals surface area contributed by atoms with Crippen molar-refractivity contribution < 1.29 is 0 Å². The summed E-state index contributed by atoms with van der Waals surface area (Å²) in [6.45, 7) is 2.38. The van der Waals surface area contributed by atoms with Crippen LogP contribution in [0, 0.1) is 0 Å². The molecule has 0 amide bonds. The zero-order valence-electron chi connectivity index (χ0n) is 8.89. The zero-order valence-corrected chi connectivity index (χ0v) is 10.5. The largest absolute Gasteiger partial charge is 0.370 e. The summed E-state index contributed by atoms with van der Waals surface area (Å²) in [4.78, 5) is 2.51. The highest BCUT2D eigenvalue weighted by Gasteiger charge is 2.07. The number of thioether (sulfide) groups is 2. The lowest BCUT2D eigenvalue weighted by Gasteiger charge is -2.23. The van der Waals surface area contributed by atoms with Crippen molar-refractivity contribution in [2.75, 3.05) is 41.0 Å². The van der Waals surface area contributed by atoms with Gasteiger partial charge in [0.25, 0.3) is 0 Å². The van der Waals surface area contributed by atoms with Crippen molar-refractivity contribution in [1.82, 2.24) is 0 Å². The molecule has 0 N–H and O–H groups in total. The molecule has 0 atom stereocenters. The minimum Gasteiger partial charge on any atom is -0.370 e. The summed E-state index contributed by atoms with van der Waals surface area (Å²) < 4.78 is 0. The first kappa shape index (κ1) is 11.2. The van der Waals surface area contributed by atoms with E-state index in [1.807, 2.05) is 0 Å². The third-order valence-corrected chi connectivity index (χ3v) is 4.69. The summed E-state index contributed by atoms with van der Waals surface area (Å²) in [5.41, 5.74) is 1.38. The monoisotopic (exact) mass is 239 g/mol. The van der Waals surface area contributed by atoms with Gasteiger partial charge in [-0.05, 0) is 12.1 Å². The molecule has 3 heteroatoms. The van der Waals surface area contributed by atoms with Crippen molar-refractivity contribution in [3.05, 3.63) is 30.3 Å². The fourth-order valence-electron chi connectivity index (χ4n) is 1.68. The molecular weight excluding hydrogens is 222 g/mol. The summed E-state index contributed by atoms with van der Waals surface area (Å²) in [5.74, 6) is 5.14. The minimum atomic E-state index is 1.19. The molecule has 0 saturated carbocycles. The van der Waals surface area contributed by atoms with Crippen LogP contribution in [0.4, 0.5) is 5.69 Å². The fraction of sp³-hybridized carbons (Fsp3) is 0.500. The molecule has 0 aliphatic carbocycles. The van der Waals surface area contributed by atoms with Crippen molar-refractivity contribution >= 4 is 29.2 Å². The highest BCUT2D eigenvalue weighted by Crippen LogP contribution is 2.17. The van der Waals surface area contributed by atoms with E-state index in [1.165, 1.54) is 41.8 Å². The fourth-order valence-corrected chi connectivity index (χ4v) is 3.73. The van der Waals surface area contributed by atoms with Crippen molar-refractivity contribution in [2.24, 2.45) is 0 Å². The predicted octanol–water partition coefficient (Wildman–Crippen LogP) is 2.97. The summed E-state index contributed by atoms with van der Waals surface area (Å²) >= 11 is 4.16. The number of benzene rings is 1.